The molecule has 0 unspecified atom stereocenters. The fourth-order valence-electron chi connectivity index (χ4n) is 1.90. The molecule has 1 aliphatic rings. The second kappa shape index (κ2) is 5.26. The molecule has 0 aliphatic heterocycles. The van der Waals surface area contributed by atoms with E-state index in [9.17, 15) is 4.79 Å². The average molecular weight is 258 g/mol. The number of aromatic nitrogens is 1. The van der Waals surface area contributed by atoms with Crippen molar-refractivity contribution in [1.82, 2.24) is 10.3 Å². The summed E-state index contributed by atoms with van der Waals surface area (Å²) < 4.78 is 5.78. The van der Waals surface area contributed by atoms with Crippen molar-refractivity contribution in [3.63, 3.8) is 0 Å². The minimum absolute atomic E-state index is 0.0980. The number of allylic oxidation sites excluding steroid dienone is 3. The summed E-state index contributed by atoms with van der Waals surface area (Å²) in [5.74, 6) is 1.19. The molecule has 0 spiro atoms. The van der Waals surface area contributed by atoms with Gasteiger partial charge in [0.15, 0.2) is 0 Å². The summed E-state index contributed by atoms with van der Waals surface area (Å²) in [6.45, 7) is 4.31. The summed E-state index contributed by atoms with van der Waals surface area (Å²) in [5.41, 5.74) is 0.445. The lowest BCUT2D eigenvalue weighted by Crippen LogP contribution is -2.19. The van der Waals surface area contributed by atoms with Gasteiger partial charge in [0.05, 0.1) is 0 Å². The number of carbonyl (C=O) groups excluding carboxylic acids is 1. The molecule has 100 valence electrons. The van der Waals surface area contributed by atoms with Gasteiger partial charge in [-0.25, -0.2) is 0 Å². The molecule has 0 fully saturated rings. The Balaban J connectivity index is 2.18. The maximum Gasteiger partial charge on any atom is 0.269 e. The first-order valence-electron chi connectivity index (χ1n) is 6.25. The van der Waals surface area contributed by atoms with E-state index in [1.807, 2.05) is 6.08 Å². The minimum atomic E-state index is -0.223. The fraction of sp³-hybridized carbons (Fsp3) is 0.333. The van der Waals surface area contributed by atoms with E-state index in [1.165, 1.54) is 0 Å². The molecular formula is C15H18N2O2. The van der Waals surface area contributed by atoms with Crippen LogP contribution in [0.5, 0.6) is 5.75 Å². The molecule has 0 bridgehead atoms. The van der Waals surface area contributed by atoms with Crippen LogP contribution in [0.15, 0.2) is 42.3 Å². The largest absolute Gasteiger partial charge is 0.458 e. The lowest BCUT2D eigenvalue weighted by molar-refractivity contribution is 0.0958. The Kier molecular flexibility index (Phi) is 3.69. The molecule has 2 rings (SSSR count). The molecule has 0 aromatic carbocycles. The lowest BCUT2D eigenvalue weighted by Gasteiger charge is -2.23. The van der Waals surface area contributed by atoms with Crippen LogP contribution in [0.4, 0.5) is 0 Å². The summed E-state index contributed by atoms with van der Waals surface area (Å²) in [6.07, 6.45) is 8.70. The smallest absolute Gasteiger partial charge is 0.269 e. The van der Waals surface area contributed by atoms with Gasteiger partial charge in [-0.15, -0.1) is 0 Å². The summed E-state index contributed by atoms with van der Waals surface area (Å²) in [6, 6.07) is 3.37. The Morgan fingerprint density at radius 2 is 2.26 bits per heavy atom. The number of nitrogens with zero attached hydrogens (tertiary/aromatic N) is 1. The first kappa shape index (κ1) is 13.3. The molecule has 0 atom stereocenters. The van der Waals surface area contributed by atoms with Gasteiger partial charge in [-0.3, -0.25) is 9.78 Å². The molecule has 0 saturated heterocycles. The molecule has 1 aliphatic carbocycles. The van der Waals surface area contributed by atoms with Crippen molar-refractivity contribution < 1.29 is 9.53 Å². The van der Waals surface area contributed by atoms with Crippen LogP contribution >= 0.6 is 0 Å². The van der Waals surface area contributed by atoms with Crippen LogP contribution in [-0.4, -0.2) is 17.9 Å². The zero-order valence-corrected chi connectivity index (χ0v) is 11.4. The molecule has 4 heteroatoms. The van der Waals surface area contributed by atoms with E-state index in [2.05, 4.69) is 36.3 Å². The summed E-state index contributed by atoms with van der Waals surface area (Å²) in [5, 5.41) is 2.54. The molecular weight excluding hydrogens is 240 g/mol. The first-order valence-corrected chi connectivity index (χ1v) is 6.25. The van der Waals surface area contributed by atoms with Crippen LogP contribution in [0.25, 0.3) is 0 Å². The number of rotatable bonds is 3. The number of ether oxygens (including phenoxy) is 1. The normalized spacial score (nSPS) is 16.7. The van der Waals surface area contributed by atoms with E-state index in [4.69, 9.17) is 4.74 Å². The Labute approximate surface area is 113 Å². The van der Waals surface area contributed by atoms with Crippen LogP contribution in [0.2, 0.25) is 0 Å². The van der Waals surface area contributed by atoms with Gasteiger partial charge in [0.1, 0.15) is 17.2 Å². The van der Waals surface area contributed by atoms with E-state index in [0.717, 1.165) is 12.2 Å². The van der Waals surface area contributed by atoms with Crippen molar-refractivity contribution >= 4 is 5.91 Å². The lowest BCUT2D eigenvalue weighted by atomic mass is 9.86. The first-order chi connectivity index (χ1) is 9.00. The number of amides is 1. The highest BCUT2D eigenvalue weighted by Gasteiger charge is 2.18. The highest BCUT2D eigenvalue weighted by molar-refractivity contribution is 5.92. The van der Waals surface area contributed by atoms with E-state index in [1.54, 1.807) is 25.4 Å². The van der Waals surface area contributed by atoms with Gasteiger partial charge in [0.2, 0.25) is 0 Å². The van der Waals surface area contributed by atoms with Gasteiger partial charge < -0.3 is 10.1 Å². The molecule has 1 amide bonds. The van der Waals surface area contributed by atoms with Crippen molar-refractivity contribution in [3.05, 3.63) is 48.0 Å². The molecule has 1 aromatic rings. The molecule has 0 saturated carbocycles. The van der Waals surface area contributed by atoms with Crippen LogP contribution in [0, 0.1) is 5.41 Å². The molecule has 1 heterocycles. The number of hydrogen-bond donors (Lipinski definition) is 1. The summed E-state index contributed by atoms with van der Waals surface area (Å²) >= 11 is 0. The molecule has 0 radical (unpaired) electrons. The van der Waals surface area contributed by atoms with Gasteiger partial charge in [0.25, 0.3) is 5.91 Å². The predicted octanol–water partition coefficient (Wildman–Crippen LogP) is 2.69. The van der Waals surface area contributed by atoms with Crippen molar-refractivity contribution in [2.75, 3.05) is 7.05 Å². The number of carbonyl (C=O) groups is 1. The third-order valence-electron chi connectivity index (χ3n) is 2.89. The second-order valence-corrected chi connectivity index (χ2v) is 5.20. The van der Waals surface area contributed by atoms with Gasteiger partial charge in [-0.2, -0.15) is 0 Å². The average Bonchev–Trinajstić information content (AvgIpc) is 2.37. The molecule has 19 heavy (non-hydrogen) atoms. The standard InChI is InChI=1S/C15H18N2O2/c1-15(2)7-4-5-12(10-15)19-11-6-8-17-13(9-11)14(18)16-3/h4-6,8-10H,7H2,1-3H3,(H,16,18). The SMILES string of the molecule is CNC(=O)c1cc(OC2=CC(C)(C)CC=C2)ccn1. The van der Waals surface area contributed by atoms with Crippen molar-refractivity contribution in [2.45, 2.75) is 20.3 Å². The van der Waals surface area contributed by atoms with Crippen LogP contribution in [0.3, 0.4) is 0 Å². The maximum absolute atomic E-state index is 11.5. The van der Waals surface area contributed by atoms with Gasteiger partial charge in [-0.05, 0) is 30.1 Å². The van der Waals surface area contributed by atoms with Crippen LogP contribution < -0.4 is 10.1 Å². The number of pyridine rings is 1. The maximum atomic E-state index is 11.5. The fourth-order valence-corrected chi connectivity index (χ4v) is 1.90. The minimum Gasteiger partial charge on any atom is -0.458 e. The number of hydrogen-bond acceptors (Lipinski definition) is 3. The van der Waals surface area contributed by atoms with Crippen LogP contribution in [-0.2, 0) is 0 Å². The number of nitrogens with one attached hydrogen (secondary N) is 1. The highest BCUT2D eigenvalue weighted by atomic mass is 16.5. The van der Waals surface area contributed by atoms with E-state index >= 15 is 0 Å². The van der Waals surface area contributed by atoms with Gasteiger partial charge in [0, 0.05) is 19.3 Å². The third kappa shape index (κ3) is 3.44. The zero-order chi connectivity index (χ0) is 13.9. The Morgan fingerprint density at radius 1 is 1.47 bits per heavy atom. The summed E-state index contributed by atoms with van der Waals surface area (Å²) in [4.78, 5) is 15.5. The summed E-state index contributed by atoms with van der Waals surface area (Å²) in [7, 11) is 1.58. The topological polar surface area (TPSA) is 51.2 Å². The van der Waals surface area contributed by atoms with E-state index < -0.39 is 0 Å². The quantitative estimate of drug-likeness (QED) is 0.906. The third-order valence-corrected chi connectivity index (χ3v) is 2.89. The van der Waals surface area contributed by atoms with E-state index in [0.29, 0.717) is 11.4 Å². The molecule has 4 nitrogen and oxygen atoms in total. The van der Waals surface area contributed by atoms with E-state index in [-0.39, 0.29) is 11.3 Å². The molecule has 1 N–H and O–H groups in total. The van der Waals surface area contributed by atoms with Gasteiger partial charge in [-0.1, -0.05) is 19.9 Å². The second-order valence-electron chi connectivity index (χ2n) is 5.20. The zero-order valence-electron chi connectivity index (χ0n) is 11.4. The van der Waals surface area contributed by atoms with Gasteiger partial charge >= 0.3 is 0 Å². The Hall–Kier alpha value is -2.10. The Morgan fingerprint density at radius 3 is 2.95 bits per heavy atom. The highest BCUT2D eigenvalue weighted by Crippen LogP contribution is 2.29. The van der Waals surface area contributed by atoms with Crippen molar-refractivity contribution in [2.24, 2.45) is 5.41 Å². The van der Waals surface area contributed by atoms with Crippen molar-refractivity contribution in [3.8, 4) is 5.75 Å². The van der Waals surface area contributed by atoms with Crippen molar-refractivity contribution in [1.29, 1.82) is 0 Å². The monoisotopic (exact) mass is 258 g/mol. The van der Waals surface area contributed by atoms with Crippen LogP contribution in [0.1, 0.15) is 30.8 Å². The predicted molar refractivity (Wildman–Crippen MR) is 73.9 cm³/mol. The Bertz CT molecular complexity index is 545. The molecule has 1 aromatic heterocycles.